The van der Waals surface area contributed by atoms with Gasteiger partial charge in [0.05, 0.1) is 24.7 Å². The van der Waals surface area contributed by atoms with Gasteiger partial charge in [0.1, 0.15) is 5.75 Å². The van der Waals surface area contributed by atoms with Crippen molar-refractivity contribution >= 4 is 27.4 Å². The summed E-state index contributed by atoms with van der Waals surface area (Å²) in [5.41, 5.74) is 2.10. The maximum atomic E-state index is 12.8. The molecule has 2 aromatic heterocycles. The number of nitrogens with zero attached hydrogens (tertiary/aromatic N) is 4. The summed E-state index contributed by atoms with van der Waals surface area (Å²) in [6.07, 6.45) is 7.59. The van der Waals surface area contributed by atoms with Crippen molar-refractivity contribution < 1.29 is 17.9 Å². The maximum Gasteiger partial charge on any atom is 0.234 e. The van der Waals surface area contributed by atoms with Gasteiger partial charge in [0.15, 0.2) is 0 Å². The van der Waals surface area contributed by atoms with Crippen molar-refractivity contribution in [3.8, 4) is 17.0 Å². The second-order valence-electron chi connectivity index (χ2n) is 7.29. The van der Waals surface area contributed by atoms with E-state index in [1.807, 2.05) is 35.0 Å². The smallest absolute Gasteiger partial charge is 0.234 e. The van der Waals surface area contributed by atoms with Crippen molar-refractivity contribution in [3.63, 3.8) is 0 Å². The number of fused-ring (bicyclic) bond motifs is 1. The van der Waals surface area contributed by atoms with Gasteiger partial charge in [0.25, 0.3) is 0 Å². The van der Waals surface area contributed by atoms with Gasteiger partial charge in [-0.3, -0.25) is 9.20 Å². The molecule has 1 amide bonds. The van der Waals surface area contributed by atoms with Crippen LogP contribution in [0.2, 0.25) is 0 Å². The molecular formula is C20H23N5O4S. The number of aromatic nitrogens is 3. The number of rotatable bonds is 5. The molecule has 3 aromatic rings. The molecule has 0 atom stereocenters. The van der Waals surface area contributed by atoms with Crippen LogP contribution >= 0.6 is 0 Å². The molecule has 158 valence electrons. The minimum absolute atomic E-state index is 0.143. The van der Waals surface area contributed by atoms with Crippen molar-refractivity contribution in [2.24, 2.45) is 5.92 Å². The number of hydrogen-bond acceptors (Lipinski definition) is 6. The van der Waals surface area contributed by atoms with Crippen molar-refractivity contribution in [2.75, 3.05) is 31.8 Å². The van der Waals surface area contributed by atoms with Crippen LogP contribution in [0, 0.1) is 5.92 Å². The number of amides is 1. The summed E-state index contributed by atoms with van der Waals surface area (Å²) in [6, 6.07) is 7.31. The van der Waals surface area contributed by atoms with Gasteiger partial charge in [-0.2, -0.15) is 0 Å². The Labute approximate surface area is 174 Å². The van der Waals surface area contributed by atoms with E-state index in [2.05, 4.69) is 15.3 Å². The molecule has 1 saturated heterocycles. The monoisotopic (exact) mass is 429 g/mol. The van der Waals surface area contributed by atoms with Crippen LogP contribution in [0.5, 0.6) is 5.75 Å². The lowest BCUT2D eigenvalue weighted by atomic mass is 9.97. The summed E-state index contributed by atoms with van der Waals surface area (Å²) < 4.78 is 32.0. The summed E-state index contributed by atoms with van der Waals surface area (Å²) in [5, 5.41) is 2.95. The average Bonchev–Trinajstić information content (AvgIpc) is 3.17. The molecule has 1 aliphatic heterocycles. The molecule has 0 aliphatic carbocycles. The summed E-state index contributed by atoms with van der Waals surface area (Å²) >= 11 is 0. The lowest BCUT2D eigenvalue weighted by molar-refractivity contribution is -0.120. The molecule has 0 bridgehead atoms. The molecule has 1 fully saturated rings. The normalized spacial score (nSPS) is 15.9. The predicted octanol–water partition coefficient (Wildman–Crippen LogP) is 2.01. The Bertz CT molecular complexity index is 1150. The zero-order valence-corrected chi connectivity index (χ0v) is 17.6. The van der Waals surface area contributed by atoms with Gasteiger partial charge in [-0.1, -0.05) is 0 Å². The van der Waals surface area contributed by atoms with Crippen molar-refractivity contribution in [2.45, 2.75) is 12.8 Å². The Morgan fingerprint density at radius 1 is 1.27 bits per heavy atom. The van der Waals surface area contributed by atoms with Gasteiger partial charge in [-0.05, 0) is 37.1 Å². The van der Waals surface area contributed by atoms with Crippen LogP contribution in [0.25, 0.3) is 17.0 Å². The van der Waals surface area contributed by atoms with E-state index in [1.54, 1.807) is 19.4 Å². The Balaban J connectivity index is 1.53. The quantitative estimate of drug-likeness (QED) is 0.665. The van der Waals surface area contributed by atoms with Crippen LogP contribution in [-0.2, 0) is 14.8 Å². The van der Waals surface area contributed by atoms with Crippen LogP contribution in [0.15, 0.2) is 42.9 Å². The molecular weight excluding hydrogens is 406 g/mol. The second-order valence-corrected chi connectivity index (χ2v) is 9.28. The standard InChI is InChI=1S/C20H23N5O4S/c1-29-18-5-4-15(17-13-24-9-3-8-21-20(24)23-17)12-16(18)22-19(26)14-6-10-25(11-7-14)30(2,27)28/h3-5,8-9,12-14H,6-7,10-11H2,1-2H3,(H,22,26). The second kappa shape index (κ2) is 8.04. The molecule has 3 heterocycles. The van der Waals surface area contributed by atoms with Crippen LogP contribution in [-0.4, -0.2) is 59.5 Å². The summed E-state index contributed by atoms with van der Waals surface area (Å²) in [6.45, 7) is 0.699. The summed E-state index contributed by atoms with van der Waals surface area (Å²) in [7, 11) is -1.68. The van der Waals surface area contributed by atoms with Gasteiger partial charge in [0, 0.05) is 43.2 Å². The number of hydrogen-bond donors (Lipinski definition) is 1. The van der Waals surface area contributed by atoms with E-state index >= 15 is 0 Å². The van der Waals surface area contributed by atoms with E-state index < -0.39 is 10.0 Å². The predicted molar refractivity (Wildman–Crippen MR) is 113 cm³/mol. The first kappa shape index (κ1) is 20.3. The van der Waals surface area contributed by atoms with Crippen molar-refractivity contribution in [3.05, 3.63) is 42.9 Å². The minimum Gasteiger partial charge on any atom is -0.495 e. The lowest BCUT2D eigenvalue weighted by Gasteiger charge is -2.29. The SMILES string of the molecule is COc1ccc(-c2cn3cccnc3n2)cc1NC(=O)C1CCN(S(C)(=O)=O)CC1. The maximum absolute atomic E-state index is 12.8. The Morgan fingerprint density at radius 2 is 2.03 bits per heavy atom. The number of carbonyl (C=O) groups is 1. The molecule has 0 saturated carbocycles. The Hall–Kier alpha value is -2.98. The molecule has 0 spiro atoms. The molecule has 0 unspecified atom stereocenters. The zero-order chi connectivity index (χ0) is 21.3. The number of sulfonamides is 1. The number of ether oxygens (including phenoxy) is 1. The largest absolute Gasteiger partial charge is 0.495 e. The van der Waals surface area contributed by atoms with Gasteiger partial charge < -0.3 is 10.1 Å². The minimum atomic E-state index is -3.22. The van der Waals surface area contributed by atoms with Crippen LogP contribution in [0.3, 0.4) is 0 Å². The fraction of sp³-hybridized carbons (Fsp3) is 0.350. The highest BCUT2D eigenvalue weighted by molar-refractivity contribution is 7.88. The number of anilines is 1. The van der Waals surface area contributed by atoms with E-state index in [9.17, 15) is 13.2 Å². The van der Waals surface area contributed by atoms with Crippen molar-refractivity contribution in [1.82, 2.24) is 18.7 Å². The molecule has 1 N–H and O–H groups in total. The summed E-state index contributed by atoms with van der Waals surface area (Å²) in [4.78, 5) is 21.6. The number of benzene rings is 1. The number of nitrogens with one attached hydrogen (secondary N) is 1. The zero-order valence-electron chi connectivity index (χ0n) is 16.8. The number of piperidine rings is 1. The third-order valence-corrected chi connectivity index (χ3v) is 6.59. The highest BCUT2D eigenvalue weighted by Gasteiger charge is 2.29. The number of imidazole rings is 1. The molecule has 4 rings (SSSR count). The fourth-order valence-corrected chi connectivity index (χ4v) is 4.49. The van der Waals surface area contributed by atoms with E-state index in [4.69, 9.17) is 4.74 Å². The first-order chi connectivity index (χ1) is 14.3. The highest BCUT2D eigenvalue weighted by Crippen LogP contribution is 2.31. The van der Waals surface area contributed by atoms with Gasteiger partial charge in [-0.15, -0.1) is 0 Å². The third-order valence-electron chi connectivity index (χ3n) is 5.28. The van der Waals surface area contributed by atoms with E-state index in [-0.39, 0.29) is 11.8 Å². The first-order valence-corrected chi connectivity index (χ1v) is 11.4. The van der Waals surface area contributed by atoms with E-state index in [0.29, 0.717) is 43.1 Å². The Kier molecular flexibility index (Phi) is 5.44. The number of methoxy groups -OCH3 is 1. The van der Waals surface area contributed by atoms with E-state index in [1.165, 1.54) is 10.6 Å². The van der Waals surface area contributed by atoms with Crippen LogP contribution in [0.4, 0.5) is 5.69 Å². The topological polar surface area (TPSA) is 106 Å². The molecule has 30 heavy (non-hydrogen) atoms. The highest BCUT2D eigenvalue weighted by atomic mass is 32.2. The molecule has 10 heteroatoms. The lowest BCUT2D eigenvalue weighted by Crippen LogP contribution is -2.40. The molecule has 1 aliphatic rings. The van der Waals surface area contributed by atoms with E-state index in [0.717, 1.165) is 11.3 Å². The van der Waals surface area contributed by atoms with Gasteiger partial charge in [0.2, 0.25) is 21.7 Å². The third kappa shape index (κ3) is 4.14. The fourth-order valence-electron chi connectivity index (χ4n) is 3.62. The van der Waals surface area contributed by atoms with Crippen LogP contribution < -0.4 is 10.1 Å². The molecule has 9 nitrogen and oxygen atoms in total. The van der Waals surface area contributed by atoms with Gasteiger partial charge in [-0.25, -0.2) is 22.7 Å². The first-order valence-electron chi connectivity index (χ1n) is 9.59. The molecule has 0 radical (unpaired) electrons. The van der Waals surface area contributed by atoms with Crippen LogP contribution in [0.1, 0.15) is 12.8 Å². The van der Waals surface area contributed by atoms with Crippen molar-refractivity contribution in [1.29, 1.82) is 0 Å². The molecule has 1 aromatic carbocycles. The summed E-state index contributed by atoms with van der Waals surface area (Å²) in [5.74, 6) is 0.736. The number of carbonyl (C=O) groups excluding carboxylic acids is 1. The van der Waals surface area contributed by atoms with Gasteiger partial charge >= 0.3 is 0 Å². The Morgan fingerprint density at radius 3 is 2.70 bits per heavy atom. The average molecular weight is 430 g/mol.